The van der Waals surface area contributed by atoms with Gasteiger partial charge in [-0.15, -0.1) is 0 Å². The Hall–Kier alpha value is -1.89. The van der Waals surface area contributed by atoms with E-state index in [1.165, 1.54) is 4.31 Å². The number of benzene rings is 2. The molecule has 1 heterocycles. The molecular weight excluding hydrogens is 360 g/mol. The Bertz CT molecular complexity index is 856. The molecule has 25 heavy (non-hydrogen) atoms. The van der Waals surface area contributed by atoms with Gasteiger partial charge in [-0.3, -0.25) is 4.79 Å². The summed E-state index contributed by atoms with van der Waals surface area (Å²) in [6.45, 7) is 0.613. The van der Waals surface area contributed by atoms with Crippen LogP contribution in [-0.2, 0) is 14.8 Å². The van der Waals surface area contributed by atoms with Crippen molar-refractivity contribution in [1.29, 1.82) is 0 Å². The molecule has 3 rings (SSSR count). The minimum atomic E-state index is -3.58. The van der Waals surface area contributed by atoms with Crippen molar-refractivity contribution in [3.8, 4) is 0 Å². The predicted octanol–water partition coefficient (Wildman–Crippen LogP) is 3.38. The van der Waals surface area contributed by atoms with E-state index in [-0.39, 0.29) is 23.3 Å². The van der Waals surface area contributed by atoms with Crippen LogP contribution < -0.4 is 5.32 Å². The van der Waals surface area contributed by atoms with E-state index in [0.717, 1.165) is 0 Å². The first kappa shape index (κ1) is 17.9. The maximum absolute atomic E-state index is 12.7. The number of anilines is 1. The summed E-state index contributed by atoms with van der Waals surface area (Å²) in [5.74, 6) is -0.568. The first-order valence-electron chi connectivity index (χ1n) is 8.08. The molecule has 1 saturated heterocycles. The zero-order chi connectivity index (χ0) is 17.9. The lowest BCUT2D eigenvalue weighted by molar-refractivity contribution is -0.120. The predicted molar refractivity (Wildman–Crippen MR) is 98.0 cm³/mol. The van der Waals surface area contributed by atoms with E-state index in [0.29, 0.717) is 30.1 Å². The molecular formula is C18H19ClN2O3S. The molecule has 0 radical (unpaired) electrons. The van der Waals surface area contributed by atoms with Crippen LogP contribution in [0.3, 0.4) is 0 Å². The molecule has 0 aliphatic carbocycles. The SMILES string of the molecule is O=C(Nc1cccc(Cl)c1)[C@H]1CCCN(S(=O)(=O)c2ccccc2)C1. The number of carbonyl (C=O) groups excluding carboxylic acids is 1. The summed E-state index contributed by atoms with van der Waals surface area (Å²) in [6.07, 6.45) is 1.31. The van der Waals surface area contributed by atoms with Crippen LogP contribution in [0, 0.1) is 5.92 Å². The summed E-state index contributed by atoms with van der Waals surface area (Å²) in [4.78, 5) is 12.8. The summed E-state index contributed by atoms with van der Waals surface area (Å²) in [6, 6.07) is 15.2. The second kappa shape index (κ2) is 7.56. The number of carbonyl (C=O) groups is 1. The van der Waals surface area contributed by atoms with Crippen molar-refractivity contribution in [2.75, 3.05) is 18.4 Å². The second-order valence-corrected chi connectivity index (χ2v) is 8.39. The van der Waals surface area contributed by atoms with Crippen LogP contribution in [0.2, 0.25) is 5.02 Å². The van der Waals surface area contributed by atoms with Gasteiger partial charge in [-0.05, 0) is 43.2 Å². The number of hydrogen-bond acceptors (Lipinski definition) is 3. The molecule has 1 aliphatic rings. The van der Waals surface area contributed by atoms with Crippen LogP contribution in [0.25, 0.3) is 0 Å². The van der Waals surface area contributed by atoms with Crippen molar-refractivity contribution in [3.05, 3.63) is 59.6 Å². The summed E-state index contributed by atoms with van der Waals surface area (Å²) in [7, 11) is -3.58. The third-order valence-corrected chi connectivity index (χ3v) is 6.34. The van der Waals surface area contributed by atoms with E-state index >= 15 is 0 Å². The van der Waals surface area contributed by atoms with E-state index < -0.39 is 10.0 Å². The minimum absolute atomic E-state index is 0.184. The van der Waals surface area contributed by atoms with Gasteiger partial charge in [0.05, 0.1) is 10.8 Å². The molecule has 7 heteroatoms. The Morgan fingerprint density at radius 3 is 2.60 bits per heavy atom. The highest BCUT2D eigenvalue weighted by Gasteiger charge is 2.33. The van der Waals surface area contributed by atoms with E-state index in [2.05, 4.69) is 5.32 Å². The molecule has 1 atom stereocenters. The molecule has 0 saturated carbocycles. The quantitative estimate of drug-likeness (QED) is 0.886. The summed E-state index contributed by atoms with van der Waals surface area (Å²) >= 11 is 5.93. The molecule has 2 aromatic carbocycles. The fraction of sp³-hybridized carbons (Fsp3) is 0.278. The van der Waals surface area contributed by atoms with Gasteiger partial charge in [-0.1, -0.05) is 35.9 Å². The highest BCUT2D eigenvalue weighted by atomic mass is 35.5. The summed E-state index contributed by atoms with van der Waals surface area (Å²) in [5, 5.41) is 3.36. The van der Waals surface area contributed by atoms with Crippen molar-refractivity contribution >= 4 is 33.2 Å². The lowest BCUT2D eigenvalue weighted by atomic mass is 9.99. The number of hydrogen-bond donors (Lipinski definition) is 1. The van der Waals surface area contributed by atoms with E-state index in [4.69, 9.17) is 11.6 Å². The monoisotopic (exact) mass is 378 g/mol. The van der Waals surface area contributed by atoms with Crippen molar-refractivity contribution in [1.82, 2.24) is 4.31 Å². The molecule has 0 bridgehead atoms. The largest absolute Gasteiger partial charge is 0.326 e. The summed E-state index contributed by atoms with van der Waals surface area (Å²) < 4.78 is 26.9. The minimum Gasteiger partial charge on any atom is -0.326 e. The molecule has 0 spiro atoms. The number of nitrogens with one attached hydrogen (secondary N) is 1. The van der Waals surface area contributed by atoms with Gasteiger partial charge in [0, 0.05) is 23.8 Å². The number of halogens is 1. The molecule has 1 fully saturated rings. The van der Waals surface area contributed by atoms with Crippen molar-refractivity contribution in [2.45, 2.75) is 17.7 Å². The smallest absolute Gasteiger partial charge is 0.243 e. The zero-order valence-electron chi connectivity index (χ0n) is 13.6. The van der Waals surface area contributed by atoms with Gasteiger partial charge in [0.1, 0.15) is 0 Å². The Labute approximate surface area is 152 Å². The maximum Gasteiger partial charge on any atom is 0.243 e. The molecule has 5 nitrogen and oxygen atoms in total. The molecule has 1 N–H and O–H groups in total. The van der Waals surface area contributed by atoms with Gasteiger partial charge in [0.15, 0.2) is 0 Å². The van der Waals surface area contributed by atoms with Crippen LogP contribution >= 0.6 is 11.6 Å². The second-order valence-electron chi connectivity index (χ2n) is 6.01. The van der Waals surface area contributed by atoms with Crippen molar-refractivity contribution in [2.24, 2.45) is 5.92 Å². The Morgan fingerprint density at radius 1 is 1.12 bits per heavy atom. The van der Waals surface area contributed by atoms with Crippen LogP contribution in [0.1, 0.15) is 12.8 Å². The zero-order valence-corrected chi connectivity index (χ0v) is 15.1. The number of nitrogens with zero attached hydrogens (tertiary/aromatic N) is 1. The summed E-state index contributed by atoms with van der Waals surface area (Å²) in [5.41, 5.74) is 0.612. The van der Waals surface area contributed by atoms with Gasteiger partial charge in [-0.2, -0.15) is 4.31 Å². The number of sulfonamides is 1. The van der Waals surface area contributed by atoms with E-state index in [1.807, 2.05) is 0 Å². The maximum atomic E-state index is 12.7. The average molecular weight is 379 g/mol. The normalized spacial score (nSPS) is 18.7. The van der Waals surface area contributed by atoms with Gasteiger partial charge >= 0.3 is 0 Å². The van der Waals surface area contributed by atoms with Crippen molar-refractivity contribution < 1.29 is 13.2 Å². The Morgan fingerprint density at radius 2 is 1.88 bits per heavy atom. The molecule has 1 amide bonds. The molecule has 1 aliphatic heterocycles. The van der Waals surface area contributed by atoms with Crippen LogP contribution in [-0.4, -0.2) is 31.7 Å². The van der Waals surface area contributed by atoms with Crippen molar-refractivity contribution in [3.63, 3.8) is 0 Å². The third kappa shape index (κ3) is 4.21. The van der Waals surface area contributed by atoms with Crippen LogP contribution in [0.15, 0.2) is 59.5 Å². The fourth-order valence-corrected chi connectivity index (χ4v) is 4.66. The van der Waals surface area contributed by atoms with Gasteiger partial charge in [0.25, 0.3) is 0 Å². The topological polar surface area (TPSA) is 66.5 Å². The van der Waals surface area contributed by atoms with E-state index in [9.17, 15) is 13.2 Å². The van der Waals surface area contributed by atoms with Gasteiger partial charge in [0.2, 0.25) is 15.9 Å². The molecule has 0 unspecified atom stereocenters. The lowest BCUT2D eigenvalue weighted by Crippen LogP contribution is -2.43. The van der Waals surface area contributed by atoms with Crippen LogP contribution in [0.4, 0.5) is 5.69 Å². The third-order valence-electron chi connectivity index (χ3n) is 4.23. The molecule has 132 valence electrons. The number of amides is 1. The standard InChI is InChI=1S/C18H19ClN2O3S/c19-15-7-4-8-16(12-15)20-18(22)14-6-5-11-21(13-14)25(23,24)17-9-2-1-3-10-17/h1-4,7-10,12,14H,5-6,11,13H2,(H,20,22)/t14-/m0/s1. The fourth-order valence-electron chi connectivity index (χ4n) is 2.93. The molecule has 0 aromatic heterocycles. The first-order chi connectivity index (χ1) is 12.0. The number of piperidine rings is 1. The highest BCUT2D eigenvalue weighted by molar-refractivity contribution is 7.89. The van der Waals surface area contributed by atoms with Gasteiger partial charge in [-0.25, -0.2) is 8.42 Å². The number of rotatable bonds is 4. The van der Waals surface area contributed by atoms with Gasteiger partial charge < -0.3 is 5.32 Å². The lowest BCUT2D eigenvalue weighted by Gasteiger charge is -2.31. The first-order valence-corrected chi connectivity index (χ1v) is 9.90. The van der Waals surface area contributed by atoms with Crippen LogP contribution in [0.5, 0.6) is 0 Å². The Kier molecular flexibility index (Phi) is 5.42. The highest BCUT2D eigenvalue weighted by Crippen LogP contribution is 2.25. The Balaban J connectivity index is 1.71. The van der Waals surface area contributed by atoms with E-state index in [1.54, 1.807) is 54.6 Å². The average Bonchev–Trinajstić information content (AvgIpc) is 2.62. The molecule has 2 aromatic rings.